The molecule has 1 aliphatic rings. The molecule has 25 heavy (non-hydrogen) atoms. The van der Waals surface area contributed by atoms with Gasteiger partial charge in [0, 0.05) is 6.04 Å². The van der Waals surface area contributed by atoms with Crippen molar-refractivity contribution in [2.45, 2.75) is 18.9 Å². The molecular weight excluding hydrogens is 310 g/mol. The molecule has 0 saturated carbocycles. The zero-order valence-electron chi connectivity index (χ0n) is 14.7. The molecule has 3 nitrogen and oxygen atoms in total. The number of hydrogen-bond acceptors (Lipinski definition) is 3. The summed E-state index contributed by atoms with van der Waals surface area (Å²) in [5, 5.41) is 6.31. The van der Waals surface area contributed by atoms with Gasteiger partial charge in [-0.25, -0.2) is 0 Å². The van der Waals surface area contributed by atoms with Crippen LogP contribution < -0.4 is 14.8 Å². The SMILES string of the molecule is COc1cc2c(cc1OC)[C@H](Cc1cccc3ccccc13)NCC2. The fourth-order valence-corrected chi connectivity index (χ4v) is 3.84. The number of fused-ring (bicyclic) bond motifs is 2. The summed E-state index contributed by atoms with van der Waals surface area (Å²) in [5.41, 5.74) is 4.04. The Morgan fingerprint density at radius 1 is 0.960 bits per heavy atom. The maximum atomic E-state index is 5.52. The molecule has 128 valence electrons. The highest BCUT2D eigenvalue weighted by Gasteiger charge is 2.23. The lowest BCUT2D eigenvalue weighted by Crippen LogP contribution is -2.31. The van der Waals surface area contributed by atoms with Crippen LogP contribution in [0.5, 0.6) is 11.5 Å². The van der Waals surface area contributed by atoms with Gasteiger partial charge in [-0.1, -0.05) is 42.5 Å². The van der Waals surface area contributed by atoms with E-state index in [4.69, 9.17) is 9.47 Å². The van der Waals surface area contributed by atoms with Crippen molar-refractivity contribution in [3.05, 3.63) is 71.3 Å². The smallest absolute Gasteiger partial charge is 0.161 e. The second-order valence-corrected chi connectivity index (χ2v) is 6.51. The van der Waals surface area contributed by atoms with E-state index < -0.39 is 0 Å². The van der Waals surface area contributed by atoms with Gasteiger partial charge in [0.2, 0.25) is 0 Å². The predicted octanol–water partition coefficient (Wildman–Crippen LogP) is 4.29. The van der Waals surface area contributed by atoms with E-state index in [2.05, 4.69) is 59.9 Å². The molecule has 3 aromatic rings. The van der Waals surface area contributed by atoms with Crippen molar-refractivity contribution in [1.29, 1.82) is 0 Å². The molecule has 3 aromatic carbocycles. The predicted molar refractivity (Wildman–Crippen MR) is 102 cm³/mol. The van der Waals surface area contributed by atoms with E-state index in [1.165, 1.54) is 27.5 Å². The zero-order chi connectivity index (χ0) is 17.2. The Morgan fingerprint density at radius 2 is 1.72 bits per heavy atom. The van der Waals surface area contributed by atoms with Crippen LogP contribution in [0, 0.1) is 0 Å². The molecule has 1 N–H and O–H groups in total. The summed E-state index contributed by atoms with van der Waals surface area (Å²) in [6, 6.07) is 19.7. The van der Waals surface area contributed by atoms with E-state index in [-0.39, 0.29) is 6.04 Å². The van der Waals surface area contributed by atoms with Gasteiger partial charge in [-0.2, -0.15) is 0 Å². The summed E-state index contributed by atoms with van der Waals surface area (Å²) < 4.78 is 11.0. The minimum Gasteiger partial charge on any atom is -0.493 e. The van der Waals surface area contributed by atoms with E-state index in [0.29, 0.717) is 0 Å². The van der Waals surface area contributed by atoms with Crippen molar-refractivity contribution in [2.75, 3.05) is 20.8 Å². The van der Waals surface area contributed by atoms with Crippen LogP contribution in [0.1, 0.15) is 22.7 Å². The number of methoxy groups -OCH3 is 2. The topological polar surface area (TPSA) is 30.5 Å². The Labute approximate surface area is 148 Å². The first-order valence-corrected chi connectivity index (χ1v) is 8.75. The molecule has 4 rings (SSSR count). The van der Waals surface area contributed by atoms with E-state index in [1.54, 1.807) is 14.2 Å². The van der Waals surface area contributed by atoms with Crippen molar-refractivity contribution >= 4 is 10.8 Å². The molecule has 0 spiro atoms. The van der Waals surface area contributed by atoms with Gasteiger partial charge in [-0.15, -0.1) is 0 Å². The van der Waals surface area contributed by atoms with E-state index in [9.17, 15) is 0 Å². The van der Waals surface area contributed by atoms with Crippen LogP contribution in [0.15, 0.2) is 54.6 Å². The van der Waals surface area contributed by atoms with Crippen molar-refractivity contribution in [3.8, 4) is 11.5 Å². The standard InChI is InChI=1S/C22H23NO2/c1-24-21-13-17-10-11-23-20(19(17)14-22(21)25-2)12-16-8-5-7-15-6-3-4-9-18(15)16/h3-9,13-14,20,23H,10-12H2,1-2H3/t20-/m0/s1. The lowest BCUT2D eigenvalue weighted by molar-refractivity contribution is 0.352. The second kappa shape index (κ2) is 6.77. The molecule has 0 saturated heterocycles. The normalized spacial score (nSPS) is 16.5. The summed E-state index contributed by atoms with van der Waals surface area (Å²) in [6.07, 6.45) is 1.98. The fraction of sp³-hybridized carbons (Fsp3) is 0.273. The number of rotatable bonds is 4. The molecule has 1 aliphatic heterocycles. The maximum absolute atomic E-state index is 5.52. The third-order valence-corrected chi connectivity index (χ3v) is 5.11. The van der Waals surface area contributed by atoms with E-state index in [1.807, 2.05) is 0 Å². The molecule has 0 radical (unpaired) electrons. The highest BCUT2D eigenvalue weighted by molar-refractivity contribution is 5.85. The van der Waals surface area contributed by atoms with Gasteiger partial charge in [0.05, 0.1) is 14.2 Å². The quantitative estimate of drug-likeness (QED) is 0.773. The van der Waals surface area contributed by atoms with Crippen LogP contribution in [0.25, 0.3) is 10.8 Å². The van der Waals surface area contributed by atoms with Crippen molar-refractivity contribution in [2.24, 2.45) is 0 Å². The lowest BCUT2D eigenvalue weighted by Gasteiger charge is -2.28. The Hall–Kier alpha value is -2.52. The molecule has 0 aliphatic carbocycles. The van der Waals surface area contributed by atoms with Gasteiger partial charge >= 0.3 is 0 Å². The average molecular weight is 333 g/mol. The summed E-state index contributed by atoms with van der Waals surface area (Å²) in [6.45, 7) is 0.984. The summed E-state index contributed by atoms with van der Waals surface area (Å²) >= 11 is 0. The molecule has 0 fully saturated rings. The second-order valence-electron chi connectivity index (χ2n) is 6.51. The zero-order valence-corrected chi connectivity index (χ0v) is 14.7. The van der Waals surface area contributed by atoms with Gasteiger partial charge in [0.1, 0.15) is 0 Å². The van der Waals surface area contributed by atoms with Crippen molar-refractivity contribution in [1.82, 2.24) is 5.32 Å². The molecule has 0 unspecified atom stereocenters. The molecule has 1 heterocycles. The fourth-order valence-electron chi connectivity index (χ4n) is 3.84. The largest absolute Gasteiger partial charge is 0.493 e. The van der Waals surface area contributed by atoms with Crippen LogP contribution in [0.2, 0.25) is 0 Å². The lowest BCUT2D eigenvalue weighted by atomic mass is 9.88. The first-order chi connectivity index (χ1) is 12.3. The summed E-state index contributed by atoms with van der Waals surface area (Å²) in [5.74, 6) is 1.61. The van der Waals surface area contributed by atoms with Gasteiger partial charge in [0.15, 0.2) is 11.5 Å². The molecule has 1 atom stereocenters. The third-order valence-electron chi connectivity index (χ3n) is 5.11. The Balaban J connectivity index is 1.73. The Morgan fingerprint density at radius 3 is 2.56 bits per heavy atom. The first-order valence-electron chi connectivity index (χ1n) is 8.75. The molecule has 0 aromatic heterocycles. The Kier molecular flexibility index (Phi) is 4.33. The summed E-state index contributed by atoms with van der Waals surface area (Å²) in [7, 11) is 3.39. The van der Waals surface area contributed by atoms with Gasteiger partial charge in [-0.3, -0.25) is 0 Å². The third kappa shape index (κ3) is 2.96. The number of benzene rings is 3. The van der Waals surface area contributed by atoms with E-state index >= 15 is 0 Å². The van der Waals surface area contributed by atoms with Crippen molar-refractivity contribution < 1.29 is 9.47 Å². The Bertz CT molecular complexity index is 898. The van der Waals surface area contributed by atoms with Gasteiger partial charge in [0.25, 0.3) is 0 Å². The summed E-state index contributed by atoms with van der Waals surface area (Å²) in [4.78, 5) is 0. The van der Waals surface area contributed by atoms with Crippen LogP contribution >= 0.6 is 0 Å². The molecular formula is C22H23NO2. The minimum absolute atomic E-state index is 0.286. The van der Waals surface area contributed by atoms with Gasteiger partial charge < -0.3 is 14.8 Å². The van der Waals surface area contributed by atoms with E-state index in [0.717, 1.165) is 30.9 Å². The molecule has 0 bridgehead atoms. The highest BCUT2D eigenvalue weighted by Crippen LogP contribution is 2.36. The minimum atomic E-state index is 0.286. The van der Waals surface area contributed by atoms with Crippen LogP contribution in [0.3, 0.4) is 0 Å². The van der Waals surface area contributed by atoms with Crippen LogP contribution in [0.4, 0.5) is 0 Å². The number of ether oxygens (including phenoxy) is 2. The van der Waals surface area contributed by atoms with Crippen molar-refractivity contribution in [3.63, 3.8) is 0 Å². The monoisotopic (exact) mass is 333 g/mol. The maximum Gasteiger partial charge on any atom is 0.161 e. The average Bonchev–Trinajstić information content (AvgIpc) is 2.67. The molecule has 3 heteroatoms. The van der Waals surface area contributed by atoms with Gasteiger partial charge in [-0.05, 0) is 59.0 Å². The number of nitrogens with one attached hydrogen (secondary N) is 1. The number of hydrogen-bond donors (Lipinski definition) is 1. The first kappa shape index (κ1) is 16.0. The molecule has 0 amide bonds. The highest BCUT2D eigenvalue weighted by atomic mass is 16.5. The van der Waals surface area contributed by atoms with Crippen LogP contribution in [-0.2, 0) is 12.8 Å². The van der Waals surface area contributed by atoms with Crippen LogP contribution in [-0.4, -0.2) is 20.8 Å².